The van der Waals surface area contributed by atoms with Gasteiger partial charge < -0.3 is 14.9 Å². The molecule has 6 nitrogen and oxygen atoms in total. The van der Waals surface area contributed by atoms with Crippen molar-refractivity contribution in [3.8, 4) is 21.7 Å². The number of carbonyl (C=O) groups excluding carboxylic acids is 1. The van der Waals surface area contributed by atoms with Crippen LogP contribution in [-0.4, -0.2) is 18.7 Å². The highest BCUT2D eigenvalue weighted by molar-refractivity contribution is 14.1. The fraction of sp³-hybridized carbons (Fsp3) is 0.231. The SMILES string of the molecule is N#CC(NC(=O)c1ccc2c(c1)OOC2)OCC#CI. The molecule has 2 rings (SSSR count). The number of nitrogens with zero attached hydrogens (tertiary/aromatic N) is 1. The van der Waals surface area contributed by atoms with Gasteiger partial charge in [-0.3, -0.25) is 4.79 Å². The van der Waals surface area contributed by atoms with Crippen LogP contribution in [0.2, 0.25) is 0 Å². The summed E-state index contributed by atoms with van der Waals surface area (Å²) < 4.78 is 7.69. The van der Waals surface area contributed by atoms with Gasteiger partial charge in [0.15, 0.2) is 5.75 Å². The van der Waals surface area contributed by atoms with Crippen molar-refractivity contribution in [2.24, 2.45) is 0 Å². The molecule has 0 spiro atoms. The first-order chi connectivity index (χ1) is 9.74. The minimum absolute atomic E-state index is 0.0720. The minimum Gasteiger partial charge on any atom is -0.337 e. The number of nitriles is 1. The first kappa shape index (κ1) is 14.6. The second-order valence-electron chi connectivity index (χ2n) is 3.73. The smallest absolute Gasteiger partial charge is 0.254 e. The van der Waals surface area contributed by atoms with E-state index in [1.807, 2.05) is 28.7 Å². The predicted molar refractivity (Wildman–Crippen MR) is 76.5 cm³/mol. The second kappa shape index (κ2) is 7.10. The van der Waals surface area contributed by atoms with E-state index in [-0.39, 0.29) is 6.61 Å². The standard InChI is InChI=1S/C13H9IN2O4/c14-4-1-5-18-12(7-15)16-13(17)9-2-3-10-8-19-20-11(10)6-9/h2-3,6,12H,5,8H2,(H,16,17). The minimum atomic E-state index is -1.05. The van der Waals surface area contributed by atoms with Crippen molar-refractivity contribution in [3.63, 3.8) is 0 Å². The number of fused-ring (bicyclic) bond motifs is 1. The Labute approximate surface area is 129 Å². The molecule has 1 unspecified atom stereocenters. The van der Waals surface area contributed by atoms with E-state index in [9.17, 15) is 4.79 Å². The largest absolute Gasteiger partial charge is 0.337 e. The number of carbonyl (C=O) groups is 1. The van der Waals surface area contributed by atoms with Crippen LogP contribution in [0.1, 0.15) is 15.9 Å². The van der Waals surface area contributed by atoms with E-state index in [1.165, 1.54) is 0 Å². The molecule has 0 aliphatic carbocycles. The van der Waals surface area contributed by atoms with Gasteiger partial charge in [-0.1, -0.05) is 12.0 Å². The first-order valence-electron chi connectivity index (χ1n) is 5.57. The van der Waals surface area contributed by atoms with Crippen LogP contribution in [0.15, 0.2) is 18.2 Å². The molecule has 7 heteroatoms. The van der Waals surface area contributed by atoms with Gasteiger partial charge in [-0.2, -0.15) is 10.1 Å². The lowest BCUT2D eigenvalue weighted by molar-refractivity contribution is -0.194. The molecule has 1 amide bonds. The molecule has 1 heterocycles. The Morgan fingerprint density at radius 3 is 3.20 bits per heavy atom. The average molecular weight is 384 g/mol. The lowest BCUT2D eigenvalue weighted by atomic mass is 10.1. The fourth-order valence-corrected chi connectivity index (χ4v) is 1.67. The maximum Gasteiger partial charge on any atom is 0.254 e. The van der Waals surface area contributed by atoms with Crippen molar-refractivity contribution >= 4 is 28.5 Å². The number of halogens is 1. The van der Waals surface area contributed by atoms with Crippen LogP contribution in [0.25, 0.3) is 0 Å². The molecule has 0 saturated carbocycles. The summed E-state index contributed by atoms with van der Waals surface area (Å²) >= 11 is 1.86. The maximum atomic E-state index is 12.0. The number of amides is 1. The zero-order chi connectivity index (χ0) is 14.4. The maximum absolute atomic E-state index is 12.0. The van der Waals surface area contributed by atoms with E-state index in [2.05, 4.69) is 15.2 Å². The Balaban J connectivity index is 1.99. The molecule has 1 atom stereocenters. The molecular weight excluding hydrogens is 375 g/mol. The molecule has 0 fully saturated rings. The average Bonchev–Trinajstić information content (AvgIpc) is 2.93. The normalized spacial score (nSPS) is 13.2. The predicted octanol–water partition coefficient (Wildman–Crippen LogP) is 1.50. The van der Waals surface area contributed by atoms with Gasteiger partial charge >= 0.3 is 0 Å². The van der Waals surface area contributed by atoms with Gasteiger partial charge in [-0.05, 0) is 16.1 Å². The van der Waals surface area contributed by atoms with Crippen LogP contribution in [0.4, 0.5) is 0 Å². The van der Waals surface area contributed by atoms with E-state index in [0.29, 0.717) is 17.9 Å². The van der Waals surface area contributed by atoms with Gasteiger partial charge in [0.2, 0.25) is 6.23 Å². The van der Waals surface area contributed by atoms with E-state index in [1.54, 1.807) is 18.2 Å². The number of hydrogen-bond donors (Lipinski definition) is 1. The first-order valence-corrected chi connectivity index (χ1v) is 6.65. The summed E-state index contributed by atoms with van der Waals surface area (Å²) in [7, 11) is 0. The third-order valence-electron chi connectivity index (χ3n) is 2.46. The number of hydrogen-bond acceptors (Lipinski definition) is 5. The topological polar surface area (TPSA) is 80.6 Å². The molecule has 20 heavy (non-hydrogen) atoms. The van der Waals surface area contributed by atoms with E-state index < -0.39 is 12.1 Å². The van der Waals surface area contributed by atoms with Crippen molar-refractivity contribution < 1.29 is 19.3 Å². The summed E-state index contributed by atoms with van der Waals surface area (Å²) in [5.74, 6) is 2.71. The lowest BCUT2D eigenvalue weighted by Crippen LogP contribution is -2.35. The van der Waals surface area contributed by atoms with Crippen LogP contribution in [0, 0.1) is 21.2 Å². The zero-order valence-electron chi connectivity index (χ0n) is 10.2. The molecule has 0 aromatic heterocycles. The Morgan fingerprint density at radius 2 is 2.45 bits per heavy atom. The second-order valence-corrected chi connectivity index (χ2v) is 4.27. The van der Waals surface area contributed by atoms with Crippen molar-refractivity contribution in [3.05, 3.63) is 29.3 Å². The van der Waals surface area contributed by atoms with Gasteiger partial charge in [0, 0.05) is 33.7 Å². The summed E-state index contributed by atoms with van der Waals surface area (Å²) in [6.45, 7) is 0.429. The molecule has 102 valence electrons. The monoisotopic (exact) mass is 384 g/mol. The highest BCUT2D eigenvalue weighted by Crippen LogP contribution is 2.26. The highest BCUT2D eigenvalue weighted by atomic mass is 127. The number of ether oxygens (including phenoxy) is 1. The van der Waals surface area contributed by atoms with Gasteiger partial charge in [0.25, 0.3) is 5.91 Å². The Bertz CT molecular complexity index is 615. The summed E-state index contributed by atoms with van der Waals surface area (Å²) in [6.07, 6.45) is -1.05. The van der Waals surface area contributed by atoms with E-state index >= 15 is 0 Å². The molecule has 1 N–H and O–H groups in total. The Kier molecular flexibility index (Phi) is 5.18. The molecule has 0 saturated heterocycles. The van der Waals surface area contributed by atoms with Gasteiger partial charge in [-0.15, -0.1) is 0 Å². The molecule has 0 bridgehead atoms. The molecule has 1 aromatic carbocycles. The van der Waals surface area contributed by atoms with Crippen LogP contribution < -0.4 is 10.2 Å². The summed E-state index contributed by atoms with van der Waals surface area (Å²) in [5, 5.41) is 11.3. The summed E-state index contributed by atoms with van der Waals surface area (Å²) in [4.78, 5) is 21.7. The zero-order valence-corrected chi connectivity index (χ0v) is 12.3. The van der Waals surface area contributed by atoms with E-state index in [4.69, 9.17) is 19.8 Å². The molecule has 0 radical (unpaired) electrons. The Hall–Kier alpha value is -1.81. The van der Waals surface area contributed by atoms with Crippen LogP contribution in [0.5, 0.6) is 5.75 Å². The molecule has 1 aromatic rings. The van der Waals surface area contributed by atoms with Crippen molar-refractivity contribution in [2.45, 2.75) is 12.8 Å². The van der Waals surface area contributed by atoms with Crippen LogP contribution in [0.3, 0.4) is 0 Å². The van der Waals surface area contributed by atoms with Gasteiger partial charge in [0.05, 0.1) is 0 Å². The lowest BCUT2D eigenvalue weighted by Gasteiger charge is -2.11. The number of rotatable bonds is 4. The summed E-state index contributed by atoms with van der Waals surface area (Å²) in [6, 6.07) is 6.75. The molecular formula is C13H9IN2O4. The molecule has 1 aliphatic rings. The quantitative estimate of drug-likeness (QED) is 0.369. The van der Waals surface area contributed by atoms with Crippen molar-refractivity contribution in [1.82, 2.24) is 5.32 Å². The van der Waals surface area contributed by atoms with E-state index in [0.717, 1.165) is 5.56 Å². The van der Waals surface area contributed by atoms with Crippen molar-refractivity contribution in [1.29, 1.82) is 5.26 Å². The summed E-state index contributed by atoms with van der Waals surface area (Å²) in [5.41, 5.74) is 1.23. The number of benzene rings is 1. The third kappa shape index (κ3) is 3.61. The fourth-order valence-electron chi connectivity index (χ4n) is 1.51. The number of nitrogens with one attached hydrogen (secondary N) is 1. The third-order valence-corrected chi connectivity index (χ3v) is 2.84. The highest BCUT2D eigenvalue weighted by Gasteiger charge is 2.18. The van der Waals surface area contributed by atoms with Crippen molar-refractivity contribution in [2.75, 3.05) is 6.61 Å². The van der Waals surface area contributed by atoms with Gasteiger partial charge in [-0.25, -0.2) is 0 Å². The molecule has 1 aliphatic heterocycles. The van der Waals surface area contributed by atoms with Crippen LogP contribution >= 0.6 is 22.6 Å². The van der Waals surface area contributed by atoms with Crippen LogP contribution in [-0.2, 0) is 16.2 Å². The van der Waals surface area contributed by atoms with Gasteiger partial charge in [0.1, 0.15) is 19.3 Å². The Morgan fingerprint density at radius 1 is 1.60 bits per heavy atom.